The molecule has 4 heteroatoms. The number of benzene rings is 1. The van der Waals surface area contributed by atoms with Gasteiger partial charge in [0.15, 0.2) is 6.19 Å². The smallest absolute Gasteiger partial charge is 0.184 e. The Balaban J connectivity index is 3.23. The molecule has 0 heterocycles. The number of anilines is 1. The Morgan fingerprint density at radius 3 is 2.64 bits per heavy atom. The maximum absolute atomic E-state index is 8.73. The van der Waals surface area contributed by atoms with E-state index in [1.807, 2.05) is 19.2 Å². The minimum atomic E-state index is 0.509. The van der Waals surface area contributed by atoms with Crippen LogP contribution in [-0.2, 0) is 0 Å². The molecule has 0 unspecified atom stereocenters. The molecule has 0 aromatic heterocycles. The lowest BCUT2D eigenvalue weighted by Gasteiger charge is -2.14. The van der Waals surface area contributed by atoms with Crippen molar-refractivity contribution in [3.8, 4) is 11.9 Å². The Labute approximate surface area is 88.5 Å². The number of hydrogen-bond acceptors (Lipinski definition) is 3. The molecule has 0 saturated carbocycles. The summed E-state index contributed by atoms with van der Waals surface area (Å²) in [5, 5.41) is 9.24. The molecule has 14 heavy (non-hydrogen) atoms. The van der Waals surface area contributed by atoms with E-state index in [1.165, 1.54) is 4.90 Å². The third-order valence-corrected chi connectivity index (χ3v) is 2.28. The van der Waals surface area contributed by atoms with E-state index in [1.54, 1.807) is 20.2 Å². The van der Waals surface area contributed by atoms with Crippen molar-refractivity contribution in [2.24, 2.45) is 0 Å². The van der Waals surface area contributed by atoms with Gasteiger partial charge in [-0.05, 0) is 24.6 Å². The lowest BCUT2D eigenvalue weighted by atomic mass is 10.2. The van der Waals surface area contributed by atoms with Crippen molar-refractivity contribution < 1.29 is 4.74 Å². The summed E-state index contributed by atoms with van der Waals surface area (Å²) in [5.74, 6) is 0.624. The van der Waals surface area contributed by atoms with Gasteiger partial charge in [0.1, 0.15) is 5.75 Å². The lowest BCUT2D eigenvalue weighted by molar-refractivity contribution is 0.415. The second-order valence-corrected chi connectivity index (χ2v) is 3.34. The molecule has 0 saturated heterocycles. The second-order valence-electron chi connectivity index (χ2n) is 2.93. The number of ether oxygens (including phenoxy) is 1. The number of methoxy groups -OCH3 is 1. The fourth-order valence-electron chi connectivity index (χ4n) is 1.22. The van der Waals surface area contributed by atoms with Gasteiger partial charge in [0.05, 0.1) is 17.8 Å². The molecule has 1 aromatic carbocycles. The summed E-state index contributed by atoms with van der Waals surface area (Å²) in [6, 6.07) is 3.53. The number of aryl methyl sites for hydroxylation is 1. The summed E-state index contributed by atoms with van der Waals surface area (Å²) in [6.45, 7) is 1.90. The molecule has 0 radical (unpaired) electrons. The molecule has 0 aliphatic rings. The van der Waals surface area contributed by atoms with Crippen molar-refractivity contribution in [1.82, 2.24) is 0 Å². The van der Waals surface area contributed by atoms with Gasteiger partial charge in [0.2, 0.25) is 0 Å². The molecule has 0 aliphatic carbocycles. The van der Waals surface area contributed by atoms with Crippen LogP contribution in [0.25, 0.3) is 0 Å². The zero-order valence-corrected chi connectivity index (χ0v) is 9.09. The van der Waals surface area contributed by atoms with Crippen LogP contribution in [0, 0.1) is 18.4 Å². The first kappa shape index (κ1) is 10.7. The molecule has 74 valence electrons. The zero-order chi connectivity index (χ0) is 10.7. The number of nitriles is 1. The molecule has 0 N–H and O–H groups in total. The van der Waals surface area contributed by atoms with Gasteiger partial charge in [-0.1, -0.05) is 11.6 Å². The third kappa shape index (κ3) is 1.91. The maximum atomic E-state index is 8.73. The van der Waals surface area contributed by atoms with Crippen molar-refractivity contribution in [3.63, 3.8) is 0 Å². The van der Waals surface area contributed by atoms with Crippen LogP contribution in [0.5, 0.6) is 5.75 Å². The monoisotopic (exact) mass is 210 g/mol. The Morgan fingerprint density at radius 1 is 1.50 bits per heavy atom. The zero-order valence-electron chi connectivity index (χ0n) is 8.34. The second kappa shape index (κ2) is 4.21. The van der Waals surface area contributed by atoms with E-state index >= 15 is 0 Å². The van der Waals surface area contributed by atoms with Crippen LogP contribution in [0.1, 0.15) is 5.56 Å². The Hall–Kier alpha value is -1.40. The Kier molecular flexibility index (Phi) is 3.21. The minimum Gasteiger partial charge on any atom is -0.495 e. The fraction of sp³-hybridized carbons (Fsp3) is 0.300. The largest absolute Gasteiger partial charge is 0.495 e. The van der Waals surface area contributed by atoms with Crippen LogP contribution < -0.4 is 9.64 Å². The first-order valence-electron chi connectivity index (χ1n) is 4.07. The molecule has 0 bridgehead atoms. The molecule has 1 aromatic rings. The molecular formula is C10H11ClN2O. The summed E-state index contributed by atoms with van der Waals surface area (Å²) in [5.41, 5.74) is 1.74. The van der Waals surface area contributed by atoms with E-state index in [0.29, 0.717) is 10.8 Å². The van der Waals surface area contributed by atoms with Gasteiger partial charge in [0, 0.05) is 7.05 Å². The highest BCUT2D eigenvalue weighted by atomic mass is 35.5. The minimum absolute atomic E-state index is 0.509. The van der Waals surface area contributed by atoms with E-state index < -0.39 is 0 Å². The quantitative estimate of drug-likeness (QED) is 0.556. The lowest BCUT2D eigenvalue weighted by Crippen LogP contribution is -2.09. The van der Waals surface area contributed by atoms with E-state index in [4.69, 9.17) is 21.6 Å². The first-order valence-corrected chi connectivity index (χ1v) is 4.45. The maximum Gasteiger partial charge on any atom is 0.184 e. The molecule has 0 spiro atoms. The Morgan fingerprint density at radius 2 is 2.14 bits per heavy atom. The molecule has 3 nitrogen and oxygen atoms in total. The van der Waals surface area contributed by atoms with E-state index in [2.05, 4.69) is 0 Å². The van der Waals surface area contributed by atoms with Crippen LogP contribution in [0.3, 0.4) is 0 Å². The first-order chi connectivity index (χ1) is 6.60. The van der Waals surface area contributed by atoms with E-state index in [0.717, 1.165) is 11.3 Å². The van der Waals surface area contributed by atoms with Crippen LogP contribution in [0.2, 0.25) is 5.02 Å². The van der Waals surface area contributed by atoms with Crippen LogP contribution >= 0.6 is 11.6 Å². The van der Waals surface area contributed by atoms with Gasteiger partial charge in [-0.2, -0.15) is 5.26 Å². The average molecular weight is 211 g/mol. The number of rotatable bonds is 2. The highest BCUT2D eigenvalue weighted by Gasteiger charge is 2.08. The van der Waals surface area contributed by atoms with Crippen molar-refractivity contribution >= 4 is 17.3 Å². The summed E-state index contributed by atoms with van der Waals surface area (Å²) < 4.78 is 5.06. The predicted octanol–water partition coefficient (Wildman–Crippen LogP) is 2.57. The number of nitrogens with zero attached hydrogens (tertiary/aromatic N) is 2. The molecule has 0 amide bonds. The van der Waals surface area contributed by atoms with Gasteiger partial charge in [-0.15, -0.1) is 0 Å². The van der Waals surface area contributed by atoms with Crippen molar-refractivity contribution in [2.75, 3.05) is 19.1 Å². The third-order valence-electron chi connectivity index (χ3n) is 1.98. The fourth-order valence-corrected chi connectivity index (χ4v) is 1.45. The molecule has 0 fully saturated rings. The average Bonchev–Trinajstić information content (AvgIpc) is 2.19. The van der Waals surface area contributed by atoms with Crippen LogP contribution in [0.15, 0.2) is 12.1 Å². The topological polar surface area (TPSA) is 36.3 Å². The molecule has 1 rings (SSSR count). The van der Waals surface area contributed by atoms with Crippen molar-refractivity contribution in [2.45, 2.75) is 6.92 Å². The van der Waals surface area contributed by atoms with Gasteiger partial charge >= 0.3 is 0 Å². The SMILES string of the molecule is COc1cc(C)c(N(C)C#N)cc1Cl. The molecular weight excluding hydrogens is 200 g/mol. The van der Waals surface area contributed by atoms with Crippen molar-refractivity contribution in [3.05, 3.63) is 22.7 Å². The van der Waals surface area contributed by atoms with Crippen LogP contribution in [-0.4, -0.2) is 14.2 Å². The van der Waals surface area contributed by atoms with Gasteiger partial charge < -0.3 is 4.74 Å². The Bertz CT molecular complexity index is 384. The summed E-state index contributed by atoms with van der Waals surface area (Å²) >= 11 is 5.94. The normalized spacial score (nSPS) is 9.36. The molecule has 0 aliphatic heterocycles. The van der Waals surface area contributed by atoms with Crippen LogP contribution in [0.4, 0.5) is 5.69 Å². The van der Waals surface area contributed by atoms with Gasteiger partial charge in [-0.3, -0.25) is 4.90 Å². The van der Waals surface area contributed by atoms with Crippen molar-refractivity contribution in [1.29, 1.82) is 5.26 Å². The highest BCUT2D eigenvalue weighted by molar-refractivity contribution is 6.32. The summed E-state index contributed by atoms with van der Waals surface area (Å²) in [7, 11) is 3.25. The van der Waals surface area contributed by atoms with Gasteiger partial charge in [0.25, 0.3) is 0 Å². The van der Waals surface area contributed by atoms with Gasteiger partial charge in [-0.25, -0.2) is 0 Å². The molecule has 0 atom stereocenters. The van der Waals surface area contributed by atoms with E-state index in [9.17, 15) is 0 Å². The summed E-state index contributed by atoms with van der Waals surface area (Å²) in [6.07, 6.45) is 2.02. The number of halogens is 1. The highest BCUT2D eigenvalue weighted by Crippen LogP contribution is 2.31. The predicted molar refractivity (Wildman–Crippen MR) is 56.8 cm³/mol. The standard InChI is InChI=1S/C10H11ClN2O/c1-7-4-10(14-3)8(11)5-9(7)13(2)6-12/h4-5H,1-3H3. The van der Waals surface area contributed by atoms with E-state index in [-0.39, 0.29) is 0 Å². The summed E-state index contributed by atoms with van der Waals surface area (Å²) in [4.78, 5) is 1.46. The number of hydrogen-bond donors (Lipinski definition) is 0.